The molecule has 0 fully saturated rings. The van der Waals surface area contributed by atoms with Crippen LogP contribution in [0.5, 0.6) is 0 Å². The van der Waals surface area contributed by atoms with Crippen LogP contribution in [0.15, 0.2) is 108 Å². The molecule has 0 spiro atoms. The quantitative estimate of drug-likeness (QED) is 0.132. The summed E-state index contributed by atoms with van der Waals surface area (Å²) in [6.45, 7) is 15.2. The number of hydrogen-bond donors (Lipinski definition) is 0. The smallest absolute Gasteiger partial charge is 0.121 e. The van der Waals surface area contributed by atoms with Gasteiger partial charge in [-0.2, -0.15) is 0 Å². The van der Waals surface area contributed by atoms with Crippen molar-refractivity contribution >= 4 is 43.5 Å². The SMILES string of the molecule is Cc1c[c-]c(-c2cc(C)c(C)cn2)cc1.Cc1cnc(-c2[c-]ccc3c2oc2cc4c(ccc5ccccc54)cc23)cc1CC(C)(C)C.[Ir]. The molecule has 3 heterocycles. The van der Waals surface area contributed by atoms with Gasteiger partial charge < -0.3 is 14.4 Å². The Morgan fingerprint density at radius 3 is 2.16 bits per heavy atom. The molecule has 8 aromatic rings. The molecule has 0 aliphatic carbocycles. The Hall–Kier alpha value is -4.63. The molecule has 0 atom stereocenters. The molecule has 0 saturated heterocycles. The van der Waals surface area contributed by atoms with Gasteiger partial charge in [0.15, 0.2) is 0 Å². The molecule has 3 nitrogen and oxygen atoms in total. The molecule has 0 N–H and O–H groups in total. The normalized spacial score (nSPS) is 11.5. The zero-order valence-corrected chi connectivity index (χ0v) is 31.6. The van der Waals surface area contributed by atoms with Gasteiger partial charge in [-0.3, -0.25) is 0 Å². The summed E-state index contributed by atoms with van der Waals surface area (Å²) in [4.78, 5) is 9.17. The van der Waals surface area contributed by atoms with E-state index in [1.165, 1.54) is 49.4 Å². The molecule has 4 heteroatoms. The van der Waals surface area contributed by atoms with Gasteiger partial charge in [0.05, 0.1) is 5.58 Å². The van der Waals surface area contributed by atoms with Crippen molar-refractivity contribution in [2.45, 2.75) is 54.9 Å². The van der Waals surface area contributed by atoms with Crippen LogP contribution in [0, 0.1) is 45.2 Å². The molecule has 3 aromatic heterocycles. The van der Waals surface area contributed by atoms with Gasteiger partial charge in [0.25, 0.3) is 0 Å². The minimum atomic E-state index is 0. The molecule has 247 valence electrons. The van der Waals surface area contributed by atoms with Crippen LogP contribution in [-0.4, -0.2) is 9.97 Å². The van der Waals surface area contributed by atoms with Gasteiger partial charge in [-0.25, -0.2) is 0 Å². The van der Waals surface area contributed by atoms with E-state index < -0.39 is 0 Å². The van der Waals surface area contributed by atoms with Gasteiger partial charge >= 0.3 is 0 Å². The molecule has 0 aliphatic heterocycles. The molecular formula is C45H40IrN2O-2. The Morgan fingerprint density at radius 2 is 1.41 bits per heavy atom. The second-order valence-corrected chi connectivity index (χ2v) is 14.2. The Bertz CT molecular complexity index is 2450. The maximum atomic E-state index is 6.49. The Morgan fingerprint density at radius 1 is 0.653 bits per heavy atom. The van der Waals surface area contributed by atoms with E-state index in [2.05, 4.69) is 144 Å². The summed E-state index contributed by atoms with van der Waals surface area (Å²) < 4.78 is 6.49. The third-order valence-electron chi connectivity index (χ3n) is 9.11. The molecular weight excluding hydrogens is 777 g/mol. The third-order valence-corrected chi connectivity index (χ3v) is 9.11. The van der Waals surface area contributed by atoms with Crippen LogP contribution in [0.1, 0.15) is 48.6 Å². The average molecular weight is 817 g/mol. The number of nitrogens with zero attached hydrogens (tertiary/aromatic N) is 2. The van der Waals surface area contributed by atoms with Crippen molar-refractivity contribution in [3.63, 3.8) is 0 Å². The first kappa shape index (κ1) is 34.2. The van der Waals surface area contributed by atoms with E-state index in [1.54, 1.807) is 0 Å². The predicted molar refractivity (Wildman–Crippen MR) is 201 cm³/mol. The molecule has 0 unspecified atom stereocenters. The number of furan rings is 1. The molecule has 49 heavy (non-hydrogen) atoms. The number of hydrogen-bond acceptors (Lipinski definition) is 3. The van der Waals surface area contributed by atoms with E-state index in [0.29, 0.717) is 0 Å². The summed E-state index contributed by atoms with van der Waals surface area (Å²) in [6, 6.07) is 38.5. The molecule has 0 aliphatic rings. The van der Waals surface area contributed by atoms with Crippen molar-refractivity contribution in [1.82, 2.24) is 9.97 Å². The zero-order chi connectivity index (χ0) is 33.6. The van der Waals surface area contributed by atoms with Crippen LogP contribution >= 0.6 is 0 Å². The average Bonchev–Trinajstić information content (AvgIpc) is 3.44. The fourth-order valence-electron chi connectivity index (χ4n) is 6.33. The summed E-state index contributed by atoms with van der Waals surface area (Å²) in [7, 11) is 0. The first-order chi connectivity index (χ1) is 23.0. The maximum absolute atomic E-state index is 6.49. The van der Waals surface area contributed by atoms with Gasteiger partial charge in [-0.1, -0.05) is 98.3 Å². The van der Waals surface area contributed by atoms with Crippen molar-refractivity contribution in [2.24, 2.45) is 5.41 Å². The maximum Gasteiger partial charge on any atom is 0.121 e. The Labute approximate surface area is 302 Å². The molecule has 0 saturated carbocycles. The summed E-state index contributed by atoms with van der Waals surface area (Å²) in [6.07, 6.45) is 4.90. The largest absolute Gasteiger partial charge is 0.501 e. The minimum absolute atomic E-state index is 0. The third kappa shape index (κ3) is 7.08. The van der Waals surface area contributed by atoms with Gasteiger partial charge in [0, 0.05) is 37.9 Å². The van der Waals surface area contributed by atoms with Crippen LogP contribution in [0.3, 0.4) is 0 Å². The van der Waals surface area contributed by atoms with Crippen LogP contribution in [0.2, 0.25) is 0 Å². The van der Waals surface area contributed by atoms with Crippen molar-refractivity contribution in [1.29, 1.82) is 0 Å². The fraction of sp³-hybridized carbons (Fsp3) is 0.200. The predicted octanol–water partition coefficient (Wildman–Crippen LogP) is 12.1. The Kier molecular flexibility index (Phi) is 9.58. The van der Waals surface area contributed by atoms with E-state index in [0.717, 1.165) is 50.9 Å². The number of pyridine rings is 2. The van der Waals surface area contributed by atoms with Crippen LogP contribution in [0.4, 0.5) is 0 Å². The summed E-state index contributed by atoms with van der Waals surface area (Å²) >= 11 is 0. The number of benzene rings is 5. The zero-order valence-electron chi connectivity index (χ0n) is 29.2. The number of fused-ring (bicyclic) bond motifs is 6. The molecule has 1 radical (unpaired) electrons. The fourth-order valence-corrected chi connectivity index (χ4v) is 6.33. The van der Waals surface area contributed by atoms with Gasteiger partial charge in [-0.15, -0.1) is 53.6 Å². The Balaban J connectivity index is 0.000000220. The number of aromatic nitrogens is 2. The van der Waals surface area contributed by atoms with E-state index in [1.807, 2.05) is 24.5 Å². The van der Waals surface area contributed by atoms with Crippen LogP contribution in [-0.2, 0) is 26.5 Å². The molecule has 8 rings (SSSR count). The summed E-state index contributed by atoms with van der Waals surface area (Å²) in [5.41, 5.74) is 12.1. The van der Waals surface area contributed by atoms with Crippen molar-refractivity contribution in [3.8, 4) is 22.5 Å². The van der Waals surface area contributed by atoms with E-state index in [4.69, 9.17) is 9.40 Å². The van der Waals surface area contributed by atoms with Crippen molar-refractivity contribution < 1.29 is 24.5 Å². The second-order valence-electron chi connectivity index (χ2n) is 14.2. The second kappa shape index (κ2) is 13.7. The van der Waals surface area contributed by atoms with E-state index >= 15 is 0 Å². The molecule has 0 amide bonds. The van der Waals surface area contributed by atoms with Crippen LogP contribution in [0.25, 0.3) is 66.0 Å². The summed E-state index contributed by atoms with van der Waals surface area (Å²) in [5.74, 6) is 0. The van der Waals surface area contributed by atoms with Crippen LogP contribution < -0.4 is 0 Å². The van der Waals surface area contributed by atoms with Gasteiger partial charge in [-0.05, 0) is 88.8 Å². The molecule has 0 bridgehead atoms. The van der Waals surface area contributed by atoms with E-state index in [9.17, 15) is 0 Å². The van der Waals surface area contributed by atoms with Crippen molar-refractivity contribution in [3.05, 3.63) is 143 Å². The van der Waals surface area contributed by atoms with E-state index in [-0.39, 0.29) is 25.5 Å². The van der Waals surface area contributed by atoms with Gasteiger partial charge in [0.1, 0.15) is 5.58 Å². The van der Waals surface area contributed by atoms with Gasteiger partial charge in [0.2, 0.25) is 0 Å². The topological polar surface area (TPSA) is 38.9 Å². The first-order valence-electron chi connectivity index (χ1n) is 16.6. The number of rotatable bonds is 3. The minimum Gasteiger partial charge on any atom is -0.501 e. The monoisotopic (exact) mass is 817 g/mol. The molecule has 5 aromatic carbocycles. The first-order valence-corrected chi connectivity index (χ1v) is 16.6. The summed E-state index contributed by atoms with van der Waals surface area (Å²) in [5, 5.41) is 7.16. The standard InChI is InChI=1S/C31H26NO.C14H14N.Ir/c1-19-18-32-28(15-22(19)17-31(2,3)4)25-11-7-10-24-27-14-21-13-12-20-8-5-6-9-23(20)26(21)16-29(27)33-30(24)25;1-10-4-6-13(7-5-10)14-8-11(2)12(3)9-15-14;/h5-10,12-16,18H,17H2,1-4H3;4-6,8-9H,1-3H3;/q2*-1;. The number of aryl methyl sites for hydroxylation is 4. The van der Waals surface area contributed by atoms with Crippen molar-refractivity contribution in [2.75, 3.05) is 0 Å².